The van der Waals surface area contributed by atoms with Crippen LogP contribution < -0.4 is 15.4 Å². The number of nitrogens with two attached hydrogens (primary N) is 1. The van der Waals surface area contributed by atoms with E-state index in [-0.39, 0.29) is 11.9 Å². The van der Waals surface area contributed by atoms with Crippen LogP contribution in [0.25, 0.3) is 10.2 Å². The van der Waals surface area contributed by atoms with Crippen LogP contribution in [0.4, 0.5) is 5.13 Å². The highest BCUT2D eigenvalue weighted by Gasteiger charge is 2.31. The molecule has 1 aromatic heterocycles. The Balaban J connectivity index is 1.98. The fraction of sp³-hybridized carbons (Fsp3) is 0.385. The van der Waals surface area contributed by atoms with Gasteiger partial charge in [0.2, 0.25) is 5.91 Å². The minimum atomic E-state index is -0.269. The van der Waals surface area contributed by atoms with Crippen LogP contribution in [0.3, 0.4) is 0 Å². The molecule has 1 amide bonds. The summed E-state index contributed by atoms with van der Waals surface area (Å²) < 4.78 is 6.28. The summed E-state index contributed by atoms with van der Waals surface area (Å²) in [6.07, 6.45) is 1.79. The number of rotatable bonds is 3. The maximum atomic E-state index is 11.4. The Kier molecular flexibility index (Phi) is 3.02. The topological polar surface area (TPSA) is 68.5 Å². The van der Waals surface area contributed by atoms with E-state index in [1.165, 1.54) is 0 Å². The summed E-state index contributed by atoms with van der Waals surface area (Å²) in [5.74, 6) is 0.520. The first-order valence-electron chi connectivity index (χ1n) is 6.19. The molecule has 1 unspecified atom stereocenters. The van der Waals surface area contributed by atoms with Crippen molar-refractivity contribution in [3.8, 4) is 5.75 Å². The van der Waals surface area contributed by atoms with Gasteiger partial charge in [-0.05, 0) is 25.0 Å². The van der Waals surface area contributed by atoms with Gasteiger partial charge in [-0.25, -0.2) is 4.98 Å². The third-order valence-electron chi connectivity index (χ3n) is 3.41. The fourth-order valence-electron chi connectivity index (χ4n) is 2.44. The quantitative estimate of drug-likeness (QED) is 0.928. The average molecular weight is 277 g/mol. The van der Waals surface area contributed by atoms with Gasteiger partial charge in [0.15, 0.2) is 5.13 Å². The molecule has 1 saturated heterocycles. The van der Waals surface area contributed by atoms with Gasteiger partial charge >= 0.3 is 0 Å². The van der Waals surface area contributed by atoms with Gasteiger partial charge in [0.25, 0.3) is 0 Å². The van der Waals surface area contributed by atoms with Crippen LogP contribution in [0.15, 0.2) is 18.2 Å². The van der Waals surface area contributed by atoms with Gasteiger partial charge < -0.3 is 15.4 Å². The van der Waals surface area contributed by atoms with Gasteiger partial charge in [-0.1, -0.05) is 11.3 Å². The molecule has 1 aliphatic rings. The second-order valence-electron chi connectivity index (χ2n) is 4.58. The van der Waals surface area contributed by atoms with Crippen molar-refractivity contribution in [1.82, 2.24) is 4.98 Å². The van der Waals surface area contributed by atoms with E-state index in [4.69, 9.17) is 10.5 Å². The molecular weight excluding hydrogens is 262 g/mol. The SMILES string of the molecule is COc1ccc2sc(N3CCCC3C(N)=O)nc2c1. The van der Waals surface area contributed by atoms with Crippen LogP contribution in [0.2, 0.25) is 0 Å². The molecule has 6 heteroatoms. The number of nitrogens with zero attached hydrogens (tertiary/aromatic N) is 2. The van der Waals surface area contributed by atoms with Gasteiger partial charge in [-0.15, -0.1) is 0 Å². The minimum absolute atomic E-state index is 0.220. The van der Waals surface area contributed by atoms with Crippen molar-refractivity contribution in [2.45, 2.75) is 18.9 Å². The number of ether oxygens (including phenoxy) is 1. The lowest BCUT2D eigenvalue weighted by Crippen LogP contribution is -2.40. The summed E-state index contributed by atoms with van der Waals surface area (Å²) in [5, 5.41) is 0.865. The Morgan fingerprint density at radius 1 is 1.58 bits per heavy atom. The van der Waals surface area contributed by atoms with Crippen LogP contribution in [-0.2, 0) is 4.79 Å². The summed E-state index contributed by atoms with van der Waals surface area (Å²) in [7, 11) is 1.64. The van der Waals surface area contributed by atoms with Crippen LogP contribution in [0.1, 0.15) is 12.8 Å². The van der Waals surface area contributed by atoms with Crippen molar-refractivity contribution >= 4 is 32.6 Å². The zero-order chi connectivity index (χ0) is 13.4. The zero-order valence-corrected chi connectivity index (χ0v) is 11.4. The molecule has 0 radical (unpaired) electrons. The molecule has 3 rings (SSSR count). The predicted octanol–water partition coefficient (Wildman–Crippen LogP) is 1.76. The van der Waals surface area contributed by atoms with Gasteiger partial charge in [-0.2, -0.15) is 0 Å². The van der Waals surface area contributed by atoms with E-state index in [9.17, 15) is 4.79 Å². The molecule has 1 aromatic carbocycles. The van der Waals surface area contributed by atoms with Crippen molar-refractivity contribution < 1.29 is 9.53 Å². The predicted molar refractivity (Wildman–Crippen MR) is 75.7 cm³/mol. The van der Waals surface area contributed by atoms with Crippen molar-refractivity contribution in [3.63, 3.8) is 0 Å². The molecular formula is C13H15N3O2S. The fourth-order valence-corrected chi connectivity index (χ4v) is 3.46. The van der Waals surface area contributed by atoms with E-state index in [0.717, 1.165) is 40.5 Å². The lowest BCUT2D eigenvalue weighted by atomic mass is 10.2. The Labute approximate surface area is 115 Å². The third kappa shape index (κ3) is 2.12. The van der Waals surface area contributed by atoms with Gasteiger partial charge in [-0.3, -0.25) is 4.79 Å². The molecule has 2 N–H and O–H groups in total. The summed E-state index contributed by atoms with van der Waals surface area (Å²) in [5.41, 5.74) is 6.34. The molecule has 1 fully saturated rings. The summed E-state index contributed by atoms with van der Waals surface area (Å²) in [4.78, 5) is 18.0. The summed E-state index contributed by atoms with van der Waals surface area (Å²) in [6.45, 7) is 0.838. The molecule has 0 bridgehead atoms. The highest BCUT2D eigenvalue weighted by atomic mass is 32.1. The zero-order valence-electron chi connectivity index (χ0n) is 10.6. The van der Waals surface area contributed by atoms with Crippen LogP contribution in [-0.4, -0.2) is 30.6 Å². The normalized spacial score (nSPS) is 19.0. The molecule has 1 atom stereocenters. The standard InChI is InChI=1S/C13H15N3O2S/c1-18-8-4-5-11-9(7-8)15-13(19-11)16-6-2-3-10(16)12(14)17/h4-5,7,10H,2-3,6H2,1H3,(H2,14,17). The highest BCUT2D eigenvalue weighted by Crippen LogP contribution is 2.34. The molecule has 0 aliphatic carbocycles. The number of carbonyl (C=O) groups is 1. The smallest absolute Gasteiger partial charge is 0.240 e. The largest absolute Gasteiger partial charge is 0.497 e. The molecule has 0 saturated carbocycles. The molecule has 2 heterocycles. The van der Waals surface area contributed by atoms with Crippen molar-refractivity contribution in [3.05, 3.63) is 18.2 Å². The number of anilines is 1. The first-order valence-corrected chi connectivity index (χ1v) is 7.01. The first kappa shape index (κ1) is 12.2. The molecule has 5 nitrogen and oxygen atoms in total. The number of fused-ring (bicyclic) bond motifs is 1. The molecule has 2 aromatic rings. The lowest BCUT2D eigenvalue weighted by Gasteiger charge is -2.20. The van der Waals surface area contributed by atoms with Crippen molar-refractivity contribution in [2.24, 2.45) is 5.73 Å². The molecule has 100 valence electrons. The maximum absolute atomic E-state index is 11.4. The number of primary amides is 1. The second kappa shape index (κ2) is 4.70. The number of methoxy groups -OCH3 is 1. The number of benzene rings is 1. The van der Waals surface area contributed by atoms with Gasteiger partial charge in [0, 0.05) is 12.6 Å². The van der Waals surface area contributed by atoms with Crippen LogP contribution >= 0.6 is 11.3 Å². The van der Waals surface area contributed by atoms with E-state index < -0.39 is 0 Å². The first-order chi connectivity index (χ1) is 9.19. The summed E-state index contributed by atoms with van der Waals surface area (Å²) >= 11 is 1.59. The van der Waals surface area contributed by atoms with E-state index in [1.807, 2.05) is 23.1 Å². The molecule has 19 heavy (non-hydrogen) atoms. The highest BCUT2D eigenvalue weighted by molar-refractivity contribution is 7.22. The van der Waals surface area contributed by atoms with E-state index in [2.05, 4.69) is 4.98 Å². The van der Waals surface area contributed by atoms with Crippen LogP contribution in [0, 0.1) is 0 Å². The second-order valence-corrected chi connectivity index (χ2v) is 5.59. The third-order valence-corrected chi connectivity index (χ3v) is 4.48. The average Bonchev–Trinajstić information content (AvgIpc) is 3.03. The number of carbonyl (C=O) groups excluding carboxylic acids is 1. The lowest BCUT2D eigenvalue weighted by molar-refractivity contribution is -0.119. The Hall–Kier alpha value is -1.82. The Morgan fingerprint density at radius 3 is 3.16 bits per heavy atom. The Morgan fingerprint density at radius 2 is 2.42 bits per heavy atom. The maximum Gasteiger partial charge on any atom is 0.240 e. The number of hydrogen-bond donors (Lipinski definition) is 1. The molecule has 0 spiro atoms. The van der Waals surface area contributed by atoms with Crippen molar-refractivity contribution in [2.75, 3.05) is 18.6 Å². The Bertz CT molecular complexity index is 625. The van der Waals surface area contributed by atoms with E-state index in [1.54, 1.807) is 18.4 Å². The monoisotopic (exact) mass is 277 g/mol. The number of hydrogen-bond acceptors (Lipinski definition) is 5. The van der Waals surface area contributed by atoms with Crippen molar-refractivity contribution in [1.29, 1.82) is 0 Å². The van der Waals surface area contributed by atoms with E-state index >= 15 is 0 Å². The number of amides is 1. The number of thiazole rings is 1. The van der Waals surface area contributed by atoms with Gasteiger partial charge in [0.05, 0.1) is 17.3 Å². The minimum Gasteiger partial charge on any atom is -0.497 e. The van der Waals surface area contributed by atoms with E-state index in [0.29, 0.717) is 0 Å². The van der Waals surface area contributed by atoms with Crippen LogP contribution in [0.5, 0.6) is 5.75 Å². The van der Waals surface area contributed by atoms with Gasteiger partial charge in [0.1, 0.15) is 11.8 Å². The number of aromatic nitrogens is 1. The summed E-state index contributed by atoms with van der Waals surface area (Å²) in [6, 6.07) is 5.59. The molecule has 1 aliphatic heterocycles.